The van der Waals surface area contributed by atoms with Crippen molar-refractivity contribution in [2.45, 2.75) is 81.5 Å². The molecule has 0 N–H and O–H groups in total. The average Bonchev–Trinajstić information content (AvgIpc) is 3.27. The van der Waals surface area contributed by atoms with E-state index in [1.807, 2.05) is 24.8 Å². The van der Waals surface area contributed by atoms with Gasteiger partial charge in [0.25, 0.3) is 10.0 Å². The summed E-state index contributed by atoms with van der Waals surface area (Å²) in [5, 5.41) is 0. The van der Waals surface area contributed by atoms with Crippen LogP contribution in [0, 0.1) is 0 Å². The lowest BCUT2D eigenvalue weighted by atomic mass is 9.95. The number of carbonyl (C=O) groups is 1. The van der Waals surface area contributed by atoms with Crippen LogP contribution in [0.5, 0.6) is 0 Å². The highest BCUT2D eigenvalue weighted by atomic mass is 32.2. The number of amides is 1. The molecule has 1 aromatic rings. The molecule has 0 spiro atoms. The maximum atomic E-state index is 13.3. The normalized spacial score (nSPS) is 19.6. The quantitative estimate of drug-likeness (QED) is 0.735. The lowest BCUT2D eigenvalue weighted by Gasteiger charge is -2.35. The summed E-state index contributed by atoms with van der Waals surface area (Å²) in [5.41, 5.74) is 0. The Kier molecular flexibility index (Phi) is 6.41. The van der Waals surface area contributed by atoms with Gasteiger partial charge in [0.05, 0.1) is 6.42 Å². The Morgan fingerprint density at radius 3 is 2.42 bits per heavy atom. The third-order valence-corrected chi connectivity index (χ3v) is 9.08. The molecule has 1 amide bonds. The van der Waals surface area contributed by atoms with Crippen LogP contribution in [0.2, 0.25) is 0 Å². The standard InChI is InChI=1S/C19H30N2O3S2/c1-15(2)21(16-8-4-3-5-9-16)26(23,24)19-11-10-17(25-19)14-18(22)20-12-6-7-13-20/h10-11,15-16H,3-9,12-14H2,1-2H3. The van der Waals surface area contributed by atoms with E-state index in [0.717, 1.165) is 56.5 Å². The van der Waals surface area contributed by atoms with Gasteiger partial charge in [-0.1, -0.05) is 19.3 Å². The topological polar surface area (TPSA) is 57.7 Å². The molecule has 1 saturated carbocycles. The fourth-order valence-corrected chi connectivity index (χ4v) is 7.49. The molecule has 0 atom stereocenters. The van der Waals surface area contributed by atoms with Gasteiger partial charge in [-0.25, -0.2) is 8.42 Å². The van der Waals surface area contributed by atoms with Crippen LogP contribution >= 0.6 is 11.3 Å². The SMILES string of the molecule is CC(C)N(C1CCCCC1)S(=O)(=O)c1ccc(CC(=O)N2CCCC2)s1. The monoisotopic (exact) mass is 398 g/mol. The summed E-state index contributed by atoms with van der Waals surface area (Å²) in [6, 6.07) is 3.54. The molecule has 2 heterocycles. The van der Waals surface area contributed by atoms with Crippen LogP contribution < -0.4 is 0 Å². The molecule has 5 nitrogen and oxygen atoms in total. The summed E-state index contributed by atoms with van der Waals surface area (Å²) in [7, 11) is -3.51. The molecule has 0 radical (unpaired) electrons. The number of sulfonamides is 1. The molecule has 0 bridgehead atoms. The summed E-state index contributed by atoms with van der Waals surface area (Å²) >= 11 is 1.26. The van der Waals surface area contributed by atoms with Crippen LogP contribution in [-0.4, -0.2) is 48.7 Å². The van der Waals surface area contributed by atoms with E-state index in [-0.39, 0.29) is 18.0 Å². The maximum absolute atomic E-state index is 13.3. The Labute approximate surface area is 161 Å². The van der Waals surface area contributed by atoms with Crippen molar-refractivity contribution in [3.05, 3.63) is 17.0 Å². The van der Waals surface area contributed by atoms with E-state index in [1.165, 1.54) is 17.8 Å². The maximum Gasteiger partial charge on any atom is 0.253 e. The smallest absolute Gasteiger partial charge is 0.253 e. The van der Waals surface area contributed by atoms with Crippen LogP contribution in [0.1, 0.15) is 63.7 Å². The zero-order valence-corrected chi connectivity index (χ0v) is 17.4. The van der Waals surface area contributed by atoms with Crippen molar-refractivity contribution in [2.24, 2.45) is 0 Å². The van der Waals surface area contributed by atoms with Crippen LogP contribution in [0.3, 0.4) is 0 Å². The molecule has 1 aromatic heterocycles. The van der Waals surface area contributed by atoms with E-state index in [1.54, 1.807) is 10.4 Å². The predicted molar refractivity (Wildman–Crippen MR) is 105 cm³/mol. The molecule has 7 heteroatoms. The van der Waals surface area contributed by atoms with Crippen molar-refractivity contribution in [3.8, 4) is 0 Å². The van der Waals surface area contributed by atoms with E-state index >= 15 is 0 Å². The Balaban J connectivity index is 1.75. The molecule has 2 aliphatic rings. The van der Waals surface area contributed by atoms with E-state index < -0.39 is 10.0 Å². The number of carbonyl (C=O) groups excluding carboxylic acids is 1. The molecule has 146 valence electrons. The van der Waals surface area contributed by atoms with Gasteiger partial charge in [0.2, 0.25) is 5.91 Å². The molecule has 0 unspecified atom stereocenters. The zero-order chi connectivity index (χ0) is 18.7. The van der Waals surface area contributed by atoms with Gasteiger partial charge in [-0.3, -0.25) is 4.79 Å². The first-order valence-corrected chi connectivity index (χ1v) is 12.1. The Morgan fingerprint density at radius 1 is 1.15 bits per heavy atom. The molecule has 1 saturated heterocycles. The fourth-order valence-electron chi connectivity index (χ4n) is 4.15. The lowest BCUT2D eigenvalue weighted by molar-refractivity contribution is -0.129. The van der Waals surface area contributed by atoms with Gasteiger partial charge < -0.3 is 4.90 Å². The van der Waals surface area contributed by atoms with Gasteiger partial charge in [0.15, 0.2) is 0 Å². The van der Waals surface area contributed by atoms with Gasteiger partial charge >= 0.3 is 0 Å². The van der Waals surface area contributed by atoms with Gasteiger partial charge in [-0.15, -0.1) is 11.3 Å². The molecule has 1 aliphatic carbocycles. The van der Waals surface area contributed by atoms with Crippen molar-refractivity contribution in [1.29, 1.82) is 0 Å². The van der Waals surface area contributed by atoms with Crippen LogP contribution in [0.15, 0.2) is 16.3 Å². The molecule has 3 rings (SSSR count). The lowest BCUT2D eigenvalue weighted by Crippen LogP contribution is -2.45. The first kappa shape index (κ1) is 19.8. The number of nitrogens with zero attached hydrogens (tertiary/aromatic N) is 2. The van der Waals surface area contributed by atoms with Gasteiger partial charge in [-0.2, -0.15) is 4.31 Å². The van der Waals surface area contributed by atoms with E-state index in [0.29, 0.717) is 10.6 Å². The highest BCUT2D eigenvalue weighted by molar-refractivity contribution is 7.91. The highest BCUT2D eigenvalue weighted by Crippen LogP contribution is 2.32. The summed E-state index contributed by atoms with van der Waals surface area (Å²) in [6.07, 6.45) is 7.75. The fraction of sp³-hybridized carbons (Fsp3) is 0.737. The predicted octanol–water partition coefficient (Wildman–Crippen LogP) is 3.64. The molecule has 2 fully saturated rings. The average molecular weight is 399 g/mol. The number of hydrogen-bond donors (Lipinski definition) is 0. The second kappa shape index (κ2) is 8.40. The van der Waals surface area contributed by atoms with E-state index in [4.69, 9.17) is 0 Å². The molecule has 0 aromatic carbocycles. The van der Waals surface area contributed by atoms with Crippen molar-refractivity contribution in [1.82, 2.24) is 9.21 Å². The third kappa shape index (κ3) is 4.31. The summed E-state index contributed by atoms with van der Waals surface area (Å²) in [5.74, 6) is 0.112. The first-order chi connectivity index (χ1) is 12.4. The third-order valence-electron chi connectivity index (χ3n) is 5.40. The molecular weight excluding hydrogens is 368 g/mol. The Morgan fingerprint density at radius 2 is 1.81 bits per heavy atom. The van der Waals surface area contributed by atoms with Gasteiger partial charge in [-0.05, 0) is 51.7 Å². The van der Waals surface area contributed by atoms with Gasteiger partial charge in [0.1, 0.15) is 4.21 Å². The minimum Gasteiger partial charge on any atom is -0.342 e. The van der Waals surface area contributed by atoms with Crippen molar-refractivity contribution < 1.29 is 13.2 Å². The molecular formula is C19H30N2O3S2. The van der Waals surface area contributed by atoms with Crippen molar-refractivity contribution in [3.63, 3.8) is 0 Å². The van der Waals surface area contributed by atoms with Crippen molar-refractivity contribution in [2.75, 3.05) is 13.1 Å². The number of thiophene rings is 1. The van der Waals surface area contributed by atoms with E-state index in [2.05, 4.69) is 0 Å². The second-order valence-corrected chi connectivity index (χ2v) is 10.9. The van der Waals surface area contributed by atoms with Crippen LogP contribution in [-0.2, 0) is 21.2 Å². The van der Waals surface area contributed by atoms with E-state index in [9.17, 15) is 13.2 Å². The number of likely N-dealkylation sites (tertiary alicyclic amines) is 1. The largest absolute Gasteiger partial charge is 0.342 e. The van der Waals surface area contributed by atoms with Gasteiger partial charge in [0, 0.05) is 30.1 Å². The summed E-state index contributed by atoms with van der Waals surface area (Å²) in [4.78, 5) is 15.1. The number of rotatable bonds is 6. The summed E-state index contributed by atoms with van der Waals surface area (Å²) < 4.78 is 28.6. The van der Waals surface area contributed by atoms with Crippen molar-refractivity contribution >= 4 is 27.3 Å². The molecule has 1 aliphatic heterocycles. The Hall–Kier alpha value is -0.920. The Bertz CT molecular complexity index is 715. The highest BCUT2D eigenvalue weighted by Gasteiger charge is 2.35. The van der Waals surface area contributed by atoms with Crippen LogP contribution in [0.25, 0.3) is 0 Å². The summed E-state index contributed by atoms with van der Waals surface area (Å²) in [6.45, 7) is 5.57. The minimum atomic E-state index is -3.51. The van der Waals surface area contributed by atoms with Crippen LogP contribution in [0.4, 0.5) is 0 Å². The minimum absolute atomic E-state index is 0.0557. The molecule has 26 heavy (non-hydrogen) atoms. The first-order valence-electron chi connectivity index (χ1n) is 9.79. The number of hydrogen-bond acceptors (Lipinski definition) is 4. The second-order valence-electron chi connectivity index (χ2n) is 7.71. The zero-order valence-electron chi connectivity index (χ0n) is 15.8.